The molecule has 2 amide bonds. The Hall–Kier alpha value is -2.06. The van der Waals surface area contributed by atoms with Crippen LogP contribution in [0.5, 0.6) is 0 Å². The van der Waals surface area contributed by atoms with Crippen LogP contribution in [-0.4, -0.2) is 58.4 Å². The summed E-state index contributed by atoms with van der Waals surface area (Å²) in [5, 5.41) is 2.70. The zero-order valence-corrected chi connectivity index (χ0v) is 14.8. The van der Waals surface area contributed by atoms with E-state index in [1.807, 2.05) is 0 Å². The molecule has 3 aliphatic rings. The number of Topliss-reactive ketones (excluding diaryl/α,β-unsaturated/α-hetero) is 2. The molecule has 8 heteroatoms. The highest BCUT2D eigenvalue weighted by Gasteiger charge is 2.58. The van der Waals surface area contributed by atoms with Gasteiger partial charge in [-0.1, -0.05) is 24.3 Å². The molecule has 1 unspecified atom stereocenters. The van der Waals surface area contributed by atoms with Crippen LogP contribution in [0.25, 0.3) is 0 Å². The van der Waals surface area contributed by atoms with Gasteiger partial charge in [0.25, 0.3) is 5.91 Å². The van der Waals surface area contributed by atoms with Crippen molar-refractivity contribution >= 4 is 47.8 Å². The monoisotopic (exact) mass is 374 g/mol. The van der Waals surface area contributed by atoms with Gasteiger partial charge < -0.3 is 10.2 Å². The van der Waals surface area contributed by atoms with Crippen LogP contribution in [-0.2, 0) is 9.59 Å². The number of fused-ring (bicyclic) bond motifs is 2. The van der Waals surface area contributed by atoms with Gasteiger partial charge >= 0.3 is 0 Å². The number of piperazine rings is 1. The number of thioether (sulfide) groups is 1. The number of carbonyl (C=O) groups is 4. The van der Waals surface area contributed by atoms with Crippen molar-refractivity contribution in [3.05, 3.63) is 45.9 Å². The zero-order valence-electron chi connectivity index (χ0n) is 13.1. The van der Waals surface area contributed by atoms with E-state index in [1.54, 1.807) is 24.3 Å². The molecular weight excluding hydrogens is 360 g/mol. The maximum absolute atomic E-state index is 13.1. The second-order valence-corrected chi connectivity index (χ2v) is 7.53. The summed E-state index contributed by atoms with van der Waals surface area (Å²) < 4.78 is 0. The molecule has 0 radical (unpaired) electrons. The van der Waals surface area contributed by atoms with Gasteiger partial charge in [-0.15, -0.1) is 11.8 Å². The fraction of sp³-hybridized carbons (Fsp3) is 0.294. The van der Waals surface area contributed by atoms with Crippen LogP contribution in [0.4, 0.5) is 0 Å². The summed E-state index contributed by atoms with van der Waals surface area (Å²) in [7, 11) is 0. The lowest BCUT2D eigenvalue weighted by Gasteiger charge is -2.40. The number of ketones is 2. The van der Waals surface area contributed by atoms with Gasteiger partial charge in [0.15, 0.2) is 11.3 Å². The fourth-order valence-electron chi connectivity index (χ4n) is 3.55. The van der Waals surface area contributed by atoms with Crippen LogP contribution in [0.15, 0.2) is 34.7 Å². The maximum Gasteiger partial charge on any atom is 0.254 e. The lowest BCUT2D eigenvalue weighted by atomic mass is 9.78. The summed E-state index contributed by atoms with van der Waals surface area (Å²) in [4.78, 5) is 52.8. The van der Waals surface area contributed by atoms with E-state index in [4.69, 9.17) is 0 Å². The number of amides is 2. The third kappa shape index (κ3) is 2.20. The minimum atomic E-state index is -1.46. The van der Waals surface area contributed by atoms with E-state index >= 15 is 0 Å². The van der Waals surface area contributed by atoms with Gasteiger partial charge in [-0.05, 0) is 0 Å². The number of carbonyl (C=O) groups excluding carboxylic acids is 4. The van der Waals surface area contributed by atoms with Crippen molar-refractivity contribution < 1.29 is 19.2 Å². The first-order chi connectivity index (χ1) is 12.0. The van der Waals surface area contributed by atoms with E-state index in [0.29, 0.717) is 17.9 Å². The van der Waals surface area contributed by atoms with Crippen molar-refractivity contribution in [1.82, 2.24) is 10.2 Å². The molecule has 1 saturated heterocycles. The predicted octanol–water partition coefficient (Wildman–Crippen LogP) is 0.694. The highest BCUT2D eigenvalue weighted by Crippen LogP contribution is 2.46. The minimum Gasteiger partial charge on any atom is -0.336 e. The van der Waals surface area contributed by atoms with Crippen LogP contribution < -0.4 is 5.32 Å². The molecule has 1 aromatic rings. The summed E-state index contributed by atoms with van der Waals surface area (Å²) >= 11 is 5.29. The number of thiol groups is 1. The predicted molar refractivity (Wildman–Crippen MR) is 95.9 cm³/mol. The number of benzene rings is 1. The number of nitrogens with zero attached hydrogens (tertiary/aromatic N) is 1. The first kappa shape index (κ1) is 16.4. The molecule has 1 N–H and O–H groups in total. The van der Waals surface area contributed by atoms with Gasteiger partial charge in [-0.25, -0.2) is 0 Å². The molecule has 1 atom stereocenters. The Morgan fingerprint density at radius 1 is 1.12 bits per heavy atom. The van der Waals surface area contributed by atoms with Crippen LogP contribution in [0, 0.1) is 0 Å². The zero-order chi connectivity index (χ0) is 17.8. The SMILES string of the molecule is O=C1CN(CCS)C(=O)C2(CSC3=C2C(=O)c2ccccc2C3=O)N1. The first-order valence-electron chi connectivity index (χ1n) is 7.77. The summed E-state index contributed by atoms with van der Waals surface area (Å²) in [6.07, 6.45) is 0. The quantitative estimate of drug-likeness (QED) is 0.745. The normalized spacial score (nSPS) is 25.4. The van der Waals surface area contributed by atoms with Gasteiger partial charge in [0.2, 0.25) is 11.7 Å². The molecule has 1 aromatic carbocycles. The highest BCUT2D eigenvalue weighted by atomic mass is 32.2. The Morgan fingerprint density at radius 3 is 2.48 bits per heavy atom. The number of hydrogen-bond donors (Lipinski definition) is 2. The van der Waals surface area contributed by atoms with Crippen LogP contribution in [0.1, 0.15) is 20.7 Å². The maximum atomic E-state index is 13.1. The Morgan fingerprint density at radius 2 is 1.80 bits per heavy atom. The smallest absolute Gasteiger partial charge is 0.254 e. The third-order valence-corrected chi connectivity index (χ3v) is 6.10. The van der Waals surface area contributed by atoms with E-state index in [9.17, 15) is 19.2 Å². The van der Waals surface area contributed by atoms with E-state index in [2.05, 4.69) is 17.9 Å². The Balaban J connectivity index is 1.86. The second-order valence-electron chi connectivity index (χ2n) is 6.10. The van der Waals surface area contributed by atoms with Crippen molar-refractivity contribution in [2.24, 2.45) is 0 Å². The molecule has 2 heterocycles. The lowest BCUT2D eigenvalue weighted by molar-refractivity contribution is -0.146. The van der Waals surface area contributed by atoms with Gasteiger partial charge in [0, 0.05) is 29.2 Å². The molecule has 0 aromatic heterocycles. The number of allylic oxidation sites excluding steroid dienone is 1. The second kappa shape index (κ2) is 5.74. The van der Waals surface area contributed by atoms with Crippen molar-refractivity contribution in [2.45, 2.75) is 5.54 Å². The fourth-order valence-corrected chi connectivity index (χ4v) is 5.14. The highest BCUT2D eigenvalue weighted by molar-refractivity contribution is 8.04. The van der Waals surface area contributed by atoms with E-state index in [1.165, 1.54) is 4.90 Å². The molecule has 25 heavy (non-hydrogen) atoms. The molecule has 2 aliphatic heterocycles. The van der Waals surface area contributed by atoms with Crippen molar-refractivity contribution in [2.75, 3.05) is 24.6 Å². The largest absolute Gasteiger partial charge is 0.336 e. The van der Waals surface area contributed by atoms with Crippen molar-refractivity contribution in [1.29, 1.82) is 0 Å². The molecule has 1 spiro atoms. The molecule has 1 fully saturated rings. The van der Waals surface area contributed by atoms with Crippen LogP contribution in [0.3, 0.4) is 0 Å². The summed E-state index contributed by atoms with van der Waals surface area (Å²) in [5.41, 5.74) is -0.721. The van der Waals surface area contributed by atoms with Gasteiger partial charge in [0.05, 0.1) is 17.0 Å². The molecule has 4 rings (SSSR count). The Labute approximate surface area is 153 Å². The molecule has 1 aliphatic carbocycles. The lowest BCUT2D eigenvalue weighted by Crippen LogP contribution is -2.69. The Bertz CT molecular complexity index is 879. The van der Waals surface area contributed by atoms with Gasteiger partial charge in [-0.3, -0.25) is 19.2 Å². The third-order valence-electron chi connectivity index (χ3n) is 4.65. The van der Waals surface area contributed by atoms with E-state index in [-0.39, 0.29) is 51.7 Å². The molecule has 0 saturated carbocycles. The van der Waals surface area contributed by atoms with E-state index in [0.717, 1.165) is 11.8 Å². The molecule has 0 bridgehead atoms. The Kier molecular flexibility index (Phi) is 3.77. The van der Waals surface area contributed by atoms with Gasteiger partial charge in [0.1, 0.15) is 0 Å². The van der Waals surface area contributed by atoms with Crippen molar-refractivity contribution in [3.63, 3.8) is 0 Å². The average Bonchev–Trinajstić information content (AvgIpc) is 2.98. The summed E-state index contributed by atoms with van der Waals surface area (Å²) in [6, 6.07) is 6.57. The topological polar surface area (TPSA) is 83.6 Å². The standard InChI is InChI=1S/C17H14N2O4S2/c20-11-7-19(5-6-24)16(23)17(18-11)8-25-15-12(17)13(21)9-3-1-2-4-10(9)14(15)22/h1-4,24H,5-8H2,(H,18,20). The first-order valence-corrected chi connectivity index (χ1v) is 9.38. The summed E-state index contributed by atoms with van der Waals surface area (Å²) in [5.74, 6) is -0.758. The van der Waals surface area contributed by atoms with E-state index < -0.39 is 5.54 Å². The average molecular weight is 374 g/mol. The van der Waals surface area contributed by atoms with Crippen molar-refractivity contribution in [3.8, 4) is 0 Å². The minimum absolute atomic E-state index is 0.0624. The molecular formula is C17H14N2O4S2. The van der Waals surface area contributed by atoms with Gasteiger partial charge in [-0.2, -0.15) is 12.6 Å². The molecule has 128 valence electrons. The number of nitrogens with one attached hydrogen (secondary N) is 1. The van der Waals surface area contributed by atoms with Crippen LogP contribution >= 0.6 is 24.4 Å². The number of rotatable bonds is 2. The van der Waals surface area contributed by atoms with Crippen LogP contribution in [0.2, 0.25) is 0 Å². The molecule has 6 nitrogen and oxygen atoms in total. The number of hydrogen-bond acceptors (Lipinski definition) is 6. The summed E-state index contributed by atoms with van der Waals surface area (Å²) in [6.45, 7) is 0.246.